The van der Waals surface area contributed by atoms with Crippen LogP contribution in [-0.2, 0) is 9.53 Å². The van der Waals surface area contributed by atoms with Crippen molar-refractivity contribution in [2.24, 2.45) is 0 Å². The summed E-state index contributed by atoms with van der Waals surface area (Å²) in [5.74, 6) is -4.55. The number of halogens is 1. The topological polar surface area (TPSA) is 178 Å². The second-order valence-corrected chi connectivity index (χ2v) is 6.51. The lowest BCUT2D eigenvalue weighted by molar-refractivity contribution is -0.147. The van der Waals surface area contributed by atoms with Crippen LogP contribution in [0.15, 0.2) is 16.9 Å². The summed E-state index contributed by atoms with van der Waals surface area (Å²) in [5.41, 5.74) is 2.53. The molecule has 2 rings (SSSR count). The van der Waals surface area contributed by atoms with E-state index in [1.807, 2.05) is 4.98 Å². The molecule has 1 atom stereocenters. The molecule has 0 fully saturated rings. The standard InChI is InChI=1S/C19H19ClN2O9/c1-4-30-10-6-8(5-9(20)14(10)31-7(2)19(28)29-3)11-12(17(24)25)15(21)22-16(23)13(11)18(26)27/h5-7H,4H2,1-3H3,(H,24,25)(H,26,27)(H3,21,22,23). The molecule has 1 aromatic carbocycles. The first-order valence-corrected chi connectivity index (χ1v) is 9.14. The summed E-state index contributed by atoms with van der Waals surface area (Å²) in [6.07, 6.45) is -1.06. The number of hydrogen-bond acceptors (Lipinski definition) is 8. The van der Waals surface area contributed by atoms with Gasteiger partial charge in [0.2, 0.25) is 0 Å². The van der Waals surface area contributed by atoms with E-state index in [1.165, 1.54) is 26.2 Å². The van der Waals surface area contributed by atoms with E-state index >= 15 is 0 Å². The fourth-order valence-corrected chi connectivity index (χ4v) is 3.07. The number of esters is 1. The van der Waals surface area contributed by atoms with Gasteiger partial charge in [0.15, 0.2) is 17.6 Å². The Hall–Kier alpha value is -3.73. The summed E-state index contributed by atoms with van der Waals surface area (Å²) in [4.78, 5) is 49.4. The number of carbonyl (C=O) groups excluding carboxylic acids is 1. The molecule has 31 heavy (non-hydrogen) atoms. The number of rotatable bonds is 8. The van der Waals surface area contributed by atoms with Crippen molar-refractivity contribution < 1.29 is 38.8 Å². The van der Waals surface area contributed by atoms with Gasteiger partial charge in [-0.3, -0.25) is 4.79 Å². The van der Waals surface area contributed by atoms with Gasteiger partial charge in [-0.1, -0.05) is 11.6 Å². The average Bonchev–Trinajstić information content (AvgIpc) is 2.68. The van der Waals surface area contributed by atoms with Crippen molar-refractivity contribution in [3.63, 3.8) is 0 Å². The predicted molar refractivity (Wildman–Crippen MR) is 109 cm³/mol. The van der Waals surface area contributed by atoms with Gasteiger partial charge >= 0.3 is 17.9 Å². The van der Waals surface area contributed by atoms with Crippen molar-refractivity contribution in [2.45, 2.75) is 20.0 Å². The Bertz CT molecular complexity index is 1110. The van der Waals surface area contributed by atoms with Gasteiger partial charge in [-0.15, -0.1) is 0 Å². The van der Waals surface area contributed by atoms with E-state index in [0.29, 0.717) is 0 Å². The molecule has 0 aliphatic heterocycles. The van der Waals surface area contributed by atoms with Gasteiger partial charge in [0, 0.05) is 5.56 Å². The van der Waals surface area contributed by atoms with Gasteiger partial charge in [-0.25, -0.2) is 14.4 Å². The van der Waals surface area contributed by atoms with E-state index in [9.17, 15) is 29.4 Å². The quantitative estimate of drug-likeness (QED) is 0.431. The van der Waals surface area contributed by atoms with E-state index in [1.54, 1.807) is 6.92 Å². The summed E-state index contributed by atoms with van der Waals surface area (Å²) in [6, 6.07) is 2.41. The number of anilines is 1. The number of aromatic nitrogens is 1. The number of benzene rings is 1. The molecule has 0 saturated carbocycles. The lowest BCUT2D eigenvalue weighted by atomic mass is 9.95. The minimum Gasteiger partial charge on any atom is -0.490 e. The Balaban J connectivity index is 2.84. The first-order valence-electron chi connectivity index (χ1n) is 8.76. The lowest BCUT2D eigenvalue weighted by Crippen LogP contribution is -2.25. The molecule has 0 aliphatic carbocycles. The van der Waals surface area contributed by atoms with Crippen molar-refractivity contribution in [2.75, 3.05) is 19.5 Å². The third kappa shape index (κ3) is 4.72. The highest BCUT2D eigenvalue weighted by Gasteiger charge is 2.29. The highest BCUT2D eigenvalue weighted by atomic mass is 35.5. The van der Waals surface area contributed by atoms with Crippen LogP contribution in [-0.4, -0.2) is 52.9 Å². The van der Waals surface area contributed by atoms with Crippen molar-refractivity contribution in [3.8, 4) is 22.6 Å². The van der Waals surface area contributed by atoms with Crippen LogP contribution >= 0.6 is 11.6 Å². The third-order valence-electron chi connectivity index (χ3n) is 4.10. The maximum Gasteiger partial charge on any atom is 0.346 e. The number of ether oxygens (including phenoxy) is 3. The van der Waals surface area contributed by atoms with Gasteiger partial charge < -0.3 is 35.1 Å². The molecule has 11 nitrogen and oxygen atoms in total. The highest BCUT2D eigenvalue weighted by molar-refractivity contribution is 6.32. The maximum absolute atomic E-state index is 12.2. The van der Waals surface area contributed by atoms with Gasteiger partial charge in [0.25, 0.3) is 5.56 Å². The van der Waals surface area contributed by atoms with Crippen LogP contribution in [0, 0.1) is 0 Å². The number of carboxylic acid groups (broad SMARTS) is 2. The molecule has 0 saturated heterocycles. The molecule has 2 aromatic rings. The number of aromatic amines is 1. The minimum absolute atomic E-state index is 0.0210. The number of aromatic carboxylic acids is 2. The number of nitrogen functional groups attached to an aromatic ring is 1. The molecule has 0 aliphatic rings. The molecular formula is C19H19ClN2O9. The van der Waals surface area contributed by atoms with Crippen molar-refractivity contribution in [3.05, 3.63) is 38.6 Å². The number of methoxy groups -OCH3 is 1. The largest absolute Gasteiger partial charge is 0.490 e. The normalized spacial score (nSPS) is 11.5. The van der Waals surface area contributed by atoms with E-state index in [2.05, 4.69) is 4.74 Å². The smallest absolute Gasteiger partial charge is 0.346 e. The van der Waals surface area contributed by atoms with E-state index in [-0.39, 0.29) is 28.7 Å². The minimum atomic E-state index is -1.67. The SMILES string of the molecule is CCOc1cc(-c2c(C(=O)O)c(N)[nH]c(=O)c2C(=O)O)cc(Cl)c1OC(C)C(=O)OC. The fraction of sp³-hybridized carbons (Fsp3) is 0.263. The summed E-state index contributed by atoms with van der Waals surface area (Å²) in [5, 5.41) is 19.0. The number of nitrogens with one attached hydrogen (secondary N) is 1. The monoisotopic (exact) mass is 454 g/mol. The van der Waals surface area contributed by atoms with Crippen LogP contribution in [0.4, 0.5) is 5.82 Å². The summed E-state index contributed by atoms with van der Waals surface area (Å²) in [7, 11) is 1.18. The molecule has 0 spiro atoms. The van der Waals surface area contributed by atoms with Gasteiger partial charge in [-0.05, 0) is 31.5 Å². The Kier molecular flexibility index (Phi) is 7.13. The molecule has 1 aromatic heterocycles. The lowest BCUT2D eigenvalue weighted by Gasteiger charge is -2.19. The molecule has 12 heteroatoms. The summed E-state index contributed by atoms with van der Waals surface area (Å²) < 4.78 is 15.6. The molecule has 166 valence electrons. The molecule has 1 unspecified atom stereocenters. The Labute approximate surface area is 180 Å². The molecule has 1 heterocycles. The van der Waals surface area contributed by atoms with Crippen molar-refractivity contribution >= 4 is 35.3 Å². The highest BCUT2D eigenvalue weighted by Crippen LogP contribution is 2.42. The fourth-order valence-electron chi connectivity index (χ4n) is 2.82. The van der Waals surface area contributed by atoms with Crippen LogP contribution in [0.1, 0.15) is 34.6 Å². The van der Waals surface area contributed by atoms with Crippen LogP contribution in [0.2, 0.25) is 5.02 Å². The van der Waals surface area contributed by atoms with Crippen LogP contribution < -0.4 is 20.8 Å². The predicted octanol–water partition coefficient (Wildman–Crippen LogP) is 2.01. The zero-order valence-electron chi connectivity index (χ0n) is 16.6. The average molecular weight is 455 g/mol. The second kappa shape index (κ2) is 9.39. The Morgan fingerprint density at radius 1 is 1.19 bits per heavy atom. The molecule has 0 amide bonds. The summed E-state index contributed by atoms with van der Waals surface area (Å²) >= 11 is 6.29. The number of H-pyrrole nitrogens is 1. The number of hydrogen-bond donors (Lipinski definition) is 4. The summed E-state index contributed by atoms with van der Waals surface area (Å²) in [6.45, 7) is 3.18. The first-order chi connectivity index (χ1) is 14.5. The molecular weight excluding hydrogens is 436 g/mol. The van der Waals surface area contributed by atoms with Gasteiger partial charge in [0.1, 0.15) is 16.9 Å². The number of pyridine rings is 1. The van der Waals surface area contributed by atoms with Crippen LogP contribution in [0.3, 0.4) is 0 Å². The van der Waals surface area contributed by atoms with E-state index < -0.39 is 52.1 Å². The first kappa shape index (κ1) is 23.5. The second-order valence-electron chi connectivity index (χ2n) is 6.10. The van der Waals surface area contributed by atoms with E-state index in [4.69, 9.17) is 26.8 Å². The zero-order chi connectivity index (χ0) is 23.5. The van der Waals surface area contributed by atoms with Crippen molar-refractivity contribution in [1.82, 2.24) is 4.98 Å². The number of carbonyl (C=O) groups is 3. The zero-order valence-corrected chi connectivity index (χ0v) is 17.4. The molecule has 0 bridgehead atoms. The Morgan fingerprint density at radius 2 is 1.81 bits per heavy atom. The molecule has 0 radical (unpaired) electrons. The number of carboxylic acids is 2. The van der Waals surface area contributed by atoms with E-state index in [0.717, 1.165) is 0 Å². The third-order valence-corrected chi connectivity index (χ3v) is 4.38. The molecule has 5 N–H and O–H groups in total. The Morgan fingerprint density at radius 3 is 2.32 bits per heavy atom. The van der Waals surface area contributed by atoms with Crippen molar-refractivity contribution in [1.29, 1.82) is 0 Å². The van der Waals surface area contributed by atoms with Gasteiger partial charge in [0.05, 0.1) is 18.7 Å². The van der Waals surface area contributed by atoms with Crippen LogP contribution in [0.25, 0.3) is 11.1 Å². The van der Waals surface area contributed by atoms with Crippen LogP contribution in [0.5, 0.6) is 11.5 Å². The van der Waals surface area contributed by atoms with Gasteiger partial charge in [-0.2, -0.15) is 0 Å². The maximum atomic E-state index is 12.2. The number of nitrogens with two attached hydrogens (primary N) is 1.